The quantitative estimate of drug-likeness (QED) is 0.209. The van der Waals surface area contributed by atoms with Crippen LogP contribution in [0.15, 0.2) is 90.4 Å². The Hall–Kier alpha value is -4.56. The highest BCUT2D eigenvalue weighted by atomic mass is 32.1. The molecule has 0 aliphatic rings. The van der Waals surface area contributed by atoms with Crippen LogP contribution in [0, 0.1) is 5.41 Å². The van der Waals surface area contributed by atoms with Crippen molar-refractivity contribution in [3.05, 3.63) is 108 Å². The number of carboxylic acids is 1. The van der Waals surface area contributed by atoms with E-state index < -0.39 is 11.4 Å². The second-order valence-electron chi connectivity index (χ2n) is 10.4. The number of fused-ring (bicyclic) bond motifs is 2. The van der Waals surface area contributed by atoms with Gasteiger partial charge in [0.05, 0.1) is 27.7 Å². The number of ether oxygens (including phenoxy) is 1. The van der Waals surface area contributed by atoms with Gasteiger partial charge >= 0.3 is 5.97 Å². The predicted molar refractivity (Wildman–Crippen MR) is 158 cm³/mol. The van der Waals surface area contributed by atoms with Crippen molar-refractivity contribution in [2.75, 3.05) is 0 Å². The highest BCUT2D eigenvalue weighted by Gasteiger charge is 2.30. The standard InChI is InChI=1S/C32H28N4O3S/c1-32(2,31(37)38)18-29-35-27-17-25(39-20-24-12-11-22-5-3-4-6-26(22)34-24)13-14-28(27)36(29)19-21-7-9-23(10-8-21)30-33-15-16-40-30/h3-17H,18-20H2,1-2H3,(H,37,38). The van der Waals surface area contributed by atoms with Gasteiger partial charge in [-0.2, -0.15) is 0 Å². The zero-order valence-electron chi connectivity index (χ0n) is 22.2. The topological polar surface area (TPSA) is 90.1 Å². The Kier molecular flexibility index (Phi) is 6.77. The van der Waals surface area contributed by atoms with Gasteiger partial charge in [-0.05, 0) is 43.7 Å². The minimum absolute atomic E-state index is 0.297. The van der Waals surface area contributed by atoms with E-state index in [1.807, 2.05) is 60.0 Å². The number of hydrogen-bond donors (Lipinski definition) is 1. The molecule has 0 spiro atoms. The van der Waals surface area contributed by atoms with Gasteiger partial charge in [-0.25, -0.2) is 15.0 Å². The molecule has 0 saturated heterocycles. The first-order valence-electron chi connectivity index (χ1n) is 13.0. The molecule has 200 valence electrons. The van der Waals surface area contributed by atoms with Gasteiger partial charge in [0.1, 0.15) is 23.2 Å². The van der Waals surface area contributed by atoms with Gasteiger partial charge in [-0.3, -0.25) is 4.79 Å². The zero-order chi connectivity index (χ0) is 27.7. The molecule has 3 aromatic carbocycles. The number of nitrogens with zero attached hydrogens (tertiary/aromatic N) is 4. The zero-order valence-corrected chi connectivity index (χ0v) is 23.1. The summed E-state index contributed by atoms with van der Waals surface area (Å²) in [5.74, 6) is 0.550. The Labute approximate surface area is 235 Å². The van der Waals surface area contributed by atoms with Crippen LogP contribution in [0.5, 0.6) is 5.75 Å². The molecule has 0 fully saturated rings. The Morgan fingerprint density at radius 2 is 1.80 bits per heavy atom. The van der Waals surface area contributed by atoms with E-state index in [1.165, 1.54) is 0 Å². The minimum Gasteiger partial charge on any atom is -0.487 e. The number of carboxylic acid groups (broad SMARTS) is 1. The lowest BCUT2D eigenvalue weighted by molar-refractivity contribution is -0.146. The molecular formula is C32H28N4O3S. The lowest BCUT2D eigenvalue weighted by Gasteiger charge is -2.19. The van der Waals surface area contributed by atoms with Gasteiger partial charge in [0.2, 0.25) is 0 Å². The van der Waals surface area contributed by atoms with Crippen molar-refractivity contribution < 1.29 is 14.6 Å². The van der Waals surface area contributed by atoms with Crippen LogP contribution in [0.2, 0.25) is 0 Å². The van der Waals surface area contributed by atoms with Gasteiger partial charge in [-0.15, -0.1) is 11.3 Å². The SMILES string of the molecule is CC(C)(Cc1nc2cc(OCc3ccc4ccccc4n3)ccc2n1Cc1ccc(-c2nccs2)cc1)C(=O)O. The van der Waals surface area contributed by atoms with Gasteiger partial charge in [0, 0.05) is 41.6 Å². The minimum atomic E-state index is -0.963. The first-order valence-corrected chi connectivity index (χ1v) is 13.9. The Morgan fingerprint density at radius 1 is 0.975 bits per heavy atom. The molecule has 3 heterocycles. The summed E-state index contributed by atoms with van der Waals surface area (Å²) in [7, 11) is 0. The summed E-state index contributed by atoms with van der Waals surface area (Å²) >= 11 is 1.61. The van der Waals surface area contributed by atoms with Gasteiger partial charge in [0.25, 0.3) is 0 Å². The van der Waals surface area contributed by atoms with E-state index in [2.05, 4.69) is 33.8 Å². The predicted octanol–water partition coefficient (Wildman–Crippen LogP) is 6.99. The molecule has 7 nitrogen and oxygen atoms in total. The monoisotopic (exact) mass is 548 g/mol. The number of hydrogen-bond acceptors (Lipinski definition) is 6. The van der Waals surface area contributed by atoms with Crippen LogP contribution in [0.4, 0.5) is 0 Å². The number of imidazole rings is 1. The fourth-order valence-corrected chi connectivity index (χ4v) is 5.32. The number of rotatable bonds is 9. The number of thiazole rings is 1. The maximum atomic E-state index is 11.9. The van der Waals surface area contributed by atoms with E-state index in [0.717, 1.165) is 49.6 Å². The summed E-state index contributed by atoms with van der Waals surface area (Å²) in [5.41, 5.74) is 4.67. The third kappa shape index (κ3) is 5.31. The van der Waals surface area contributed by atoms with Crippen LogP contribution in [0.3, 0.4) is 0 Å². The highest BCUT2D eigenvalue weighted by Crippen LogP contribution is 2.29. The average molecular weight is 549 g/mol. The molecule has 0 amide bonds. The number of para-hydroxylation sites is 1. The second kappa shape index (κ2) is 10.5. The van der Waals surface area contributed by atoms with Crippen molar-refractivity contribution in [3.8, 4) is 16.3 Å². The maximum Gasteiger partial charge on any atom is 0.309 e. The molecule has 0 aliphatic carbocycles. The Balaban J connectivity index is 1.29. The molecule has 0 radical (unpaired) electrons. The van der Waals surface area contributed by atoms with Crippen molar-refractivity contribution >= 4 is 39.2 Å². The average Bonchev–Trinajstić information content (AvgIpc) is 3.60. The molecule has 0 atom stereocenters. The summed E-state index contributed by atoms with van der Waals surface area (Å²) in [5, 5.41) is 13.8. The number of pyridine rings is 1. The van der Waals surface area contributed by atoms with Crippen molar-refractivity contribution in [1.82, 2.24) is 19.5 Å². The molecule has 8 heteroatoms. The second-order valence-corrected chi connectivity index (χ2v) is 11.3. The number of benzene rings is 3. The molecule has 0 bridgehead atoms. The molecule has 1 N–H and O–H groups in total. The number of carbonyl (C=O) groups is 1. The van der Waals surface area contributed by atoms with Crippen LogP contribution < -0.4 is 4.74 Å². The van der Waals surface area contributed by atoms with Crippen molar-refractivity contribution in [2.24, 2.45) is 5.41 Å². The van der Waals surface area contributed by atoms with Gasteiger partial charge in [-0.1, -0.05) is 48.5 Å². The molecule has 3 aromatic heterocycles. The normalized spacial score (nSPS) is 11.8. The fraction of sp³-hybridized carbons (Fsp3) is 0.188. The van der Waals surface area contributed by atoms with E-state index >= 15 is 0 Å². The highest BCUT2D eigenvalue weighted by molar-refractivity contribution is 7.13. The third-order valence-electron chi connectivity index (χ3n) is 6.99. The van der Waals surface area contributed by atoms with E-state index in [1.54, 1.807) is 31.4 Å². The first kappa shape index (κ1) is 25.7. The van der Waals surface area contributed by atoms with Gasteiger partial charge in [0.15, 0.2) is 0 Å². The van der Waals surface area contributed by atoms with Crippen LogP contribution in [-0.2, 0) is 24.4 Å². The summed E-state index contributed by atoms with van der Waals surface area (Å²) in [6.07, 6.45) is 2.10. The summed E-state index contributed by atoms with van der Waals surface area (Å²) in [6, 6.07) is 26.2. The lowest BCUT2D eigenvalue weighted by atomic mass is 9.89. The third-order valence-corrected chi connectivity index (χ3v) is 7.82. The van der Waals surface area contributed by atoms with Gasteiger partial charge < -0.3 is 14.4 Å². The van der Waals surface area contributed by atoms with Crippen LogP contribution in [0.25, 0.3) is 32.5 Å². The molecule has 0 unspecified atom stereocenters. The van der Waals surface area contributed by atoms with Crippen LogP contribution >= 0.6 is 11.3 Å². The summed E-state index contributed by atoms with van der Waals surface area (Å²) in [4.78, 5) is 25.9. The van der Waals surface area contributed by atoms with Crippen LogP contribution in [-0.4, -0.2) is 30.6 Å². The smallest absolute Gasteiger partial charge is 0.309 e. The molecule has 6 rings (SSSR count). The van der Waals surface area contributed by atoms with Crippen molar-refractivity contribution in [3.63, 3.8) is 0 Å². The molecule has 6 aromatic rings. The van der Waals surface area contributed by atoms with E-state index in [9.17, 15) is 9.90 Å². The van der Waals surface area contributed by atoms with Crippen molar-refractivity contribution in [1.29, 1.82) is 0 Å². The van der Waals surface area contributed by atoms with Crippen molar-refractivity contribution in [2.45, 2.75) is 33.4 Å². The summed E-state index contributed by atoms with van der Waals surface area (Å²) < 4.78 is 8.20. The first-order chi connectivity index (χ1) is 19.4. The van der Waals surface area contributed by atoms with E-state index in [0.29, 0.717) is 25.3 Å². The van der Waals surface area contributed by atoms with E-state index in [4.69, 9.17) is 14.7 Å². The number of aliphatic carboxylic acids is 1. The molecule has 0 saturated carbocycles. The lowest BCUT2D eigenvalue weighted by Crippen LogP contribution is -2.27. The van der Waals surface area contributed by atoms with Crippen LogP contribution in [0.1, 0.15) is 30.9 Å². The number of aromatic nitrogens is 4. The van der Waals surface area contributed by atoms with E-state index in [-0.39, 0.29) is 0 Å². The largest absolute Gasteiger partial charge is 0.487 e. The Bertz CT molecular complexity index is 1810. The molecular weight excluding hydrogens is 520 g/mol. The summed E-state index contributed by atoms with van der Waals surface area (Å²) in [6.45, 7) is 4.36. The maximum absolute atomic E-state index is 11.9. The Morgan fingerprint density at radius 3 is 2.58 bits per heavy atom. The molecule has 40 heavy (non-hydrogen) atoms. The molecule has 0 aliphatic heterocycles. The fourth-order valence-electron chi connectivity index (χ4n) is 4.68.